The van der Waals surface area contributed by atoms with E-state index in [9.17, 15) is 20.1 Å². The Balaban J connectivity index is 1.33. The summed E-state index contributed by atoms with van der Waals surface area (Å²) in [6.07, 6.45) is 1.68. The number of rotatable bonds is 10. The van der Waals surface area contributed by atoms with Gasteiger partial charge in [-0.15, -0.1) is 0 Å². The Morgan fingerprint density at radius 2 is 1.97 bits per heavy atom. The van der Waals surface area contributed by atoms with Gasteiger partial charge in [0.2, 0.25) is 0 Å². The van der Waals surface area contributed by atoms with Gasteiger partial charge in [-0.25, -0.2) is 0 Å². The summed E-state index contributed by atoms with van der Waals surface area (Å²) in [5, 5.41) is 36.7. The molecular weight excluding hydrogens is 444 g/mol. The van der Waals surface area contributed by atoms with E-state index in [0.29, 0.717) is 29.9 Å². The number of hydrogen-bond acceptors (Lipinski definition) is 6. The molecule has 2 heterocycles. The van der Waals surface area contributed by atoms with Gasteiger partial charge < -0.3 is 30.9 Å². The number of pyridine rings is 1. The van der Waals surface area contributed by atoms with Crippen LogP contribution in [0.2, 0.25) is 0 Å². The molecule has 35 heavy (non-hydrogen) atoms. The number of nitrogens with one attached hydrogen (secondary N) is 3. The first-order valence-corrected chi connectivity index (χ1v) is 11.6. The molecule has 6 N–H and O–H groups in total. The lowest BCUT2D eigenvalue weighted by atomic mass is 10.0. The second-order valence-corrected chi connectivity index (χ2v) is 8.68. The van der Waals surface area contributed by atoms with Crippen LogP contribution in [0.4, 0.5) is 0 Å². The molecule has 0 aliphatic carbocycles. The van der Waals surface area contributed by atoms with E-state index in [1.165, 1.54) is 6.07 Å². The number of H-pyrrole nitrogens is 1. The number of aromatic amines is 1. The lowest BCUT2D eigenvalue weighted by molar-refractivity contribution is 0.0946. The van der Waals surface area contributed by atoms with Crippen LogP contribution >= 0.6 is 0 Å². The van der Waals surface area contributed by atoms with Crippen LogP contribution in [0.1, 0.15) is 45.9 Å². The van der Waals surface area contributed by atoms with E-state index in [2.05, 4.69) is 26.7 Å². The van der Waals surface area contributed by atoms with Crippen molar-refractivity contribution in [3.8, 4) is 5.75 Å². The van der Waals surface area contributed by atoms with Crippen molar-refractivity contribution in [2.45, 2.75) is 38.6 Å². The molecule has 0 aliphatic heterocycles. The van der Waals surface area contributed by atoms with E-state index < -0.39 is 6.10 Å². The first-order valence-electron chi connectivity index (χ1n) is 11.6. The molecule has 8 nitrogen and oxygen atoms in total. The minimum Gasteiger partial charge on any atom is -0.508 e. The Bertz CT molecular complexity index is 1290. The largest absolute Gasteiger partial charge is 0.508 e. The highest BCUT2D eigenvalue weighted by Gasteiger charge is 2.14. The zero-order chi connectivity index (χ0) is 24.8. The first-order chi connectivity index (χ1) is 16.9. The molecule has 182 valence electrons. The predicted molar refractivity (Wildman–Crippen MR) is 134 cm³/mol. The summed E-state index contributed by atoms with van der Waals surface area (Å²) in [6.45, 7) is 2.45. The van der Waals surface area contributed by atoms with Crippen molar-refractivity contribution in [2.24, 2.45) is 0 Å². The van der Waals surface area contributed by atoms with Crippen molar-refractivity contribution in [1.82, 2.24) is 20.6 Å². The number of benzene rings is 2. The second-order valence-electron chi connectivity index (χ2n) is 8.68. The van der Waals surface area contributed by atoms with E-state index in [-0.39, 0.29) is 24.3 Å². The van der Waals surface area contributed by atoms with E-state index in [0.717, 1.165) is 28.6 Å². The Labute approximate surface area is 203 Å². The summed E-state index contributed by atoms with van der Waals surface area (Å²) in [4.78, 5) is 19.9. The van der Waals surface area contributed by atoms with Gasteiger partial charge in [-0.05, 0) is 66.9 Å². The molecule has 0 unspecified atom stereocenters. The number of aliphatic hydroxyl groups excluding tert-OH is 2. The number of amides is 1. The number of aromatic hydroxyl groups is 1. The first kappa shape index (κ1) is 24.4. The molecule has 0 bridgehead atoms. The Hall–Kier alpha value is -3.72. The average molecular weight is 475 g/mol. The van der Waals surface area contributed by atoms with Gasteiger partial charge in [0.15, 0.2) is 0 Å². The lowest BCUT2D eigenvalue weighted by Crippen LogP contribution is -2.32. The summed E-state index contributed by atoms with van der Waals surface area (Å²) in [5.74, 6) is -0.172. The third-order valence-electron chi connectivity index (χ3n) is 5.95. The SMILES string of the molecule is C[C@H](Cc1ccc2[nH]c(C(=O)NCc3ccccn3)cc2c1)NC[C@H](O)c1ccc(O)c(CO)c1. The van der Waals surface area contributed by atoms with Gasteiger partial charge in [0.05, 0.1) is 24.9 Å². The van der Waals surface area contributed by atoms with Crippen LogP contribution in [0.5, 0.6) is 5.75 Å². The molecule has 2 aromatic carbocycles. The van der Waals surface area contributed by atoms with Gasteiger partial charge >= 0.3 is 0 Å². The smallest absolute Gasteiger partial charge is 0.268 e. The van der Waals surface area contributed by atoms with E-state index in [4.69, 9.17) is 0 Å². The van der Waals surface area contributed by atoms with Crippen molar-refractivity contribution < 1.29 is 20.1 Å². The minimum absolute atomic E-state index is 0.0127. The van der Waals surface area contributed by atoms with Crippen LogP contribution in [0.3, 0.4) is 0 Å². The number of carbonyl (C=O) groups excluding carboxylic acids is 1. The monoisotopic (exact) mass is 474 g/mol. The van der Waals surface area contributed by atoms with Crippen molar-refractivity contribution in [1.29, 1.82) is 0 Å². The molecule has 2 aromatic heterocycles. The zero-order valence-corrected chi connectivity index (χ0v) is 19.5. The highest BCUT2D eigenvalue weighted by atomic mass is 16.3. The molecule has 0 fully saturated rings. The Morgan fingerprint density at radius 3 is 2.74 bits per heavy atom. The van der Waals surface area contributed by atoms with Crippen LogP contribution in [0.25, 0.3) is 10.9 Å². The van der Waals surface area contributed by atoms with Crippen LogP contribution in [-0.4, -0.2) is 43.8 Å². The van der Waals surface area contributed by atoms with Gasteiger partial charge in [-0.1, -0.05) is 18.2 Å². The second kappa shape index (κ2) is 11.1. The fourth-order valence-electron chi connectivity index (χ4n) is 4.00. The Kier molecular flexibility index (Phi) is 7.77. The lowest BCUT2D eigenvalue weighted by Gasteiger charge is -2.18. The van der Waals surface area contributed by atoms with Crippen LogP contribution in [0.15, 0.2) is 66.9 Å². The van der Waals surface area contributed by atoms with E-state index in [1.807, 2.05) is 43.3 Å². The number of nitrogens with zero attached hydrogens (tertiary/aromatic N) is 1. The average Bonchev–Trinajstić information content (AvgIpc) is 3.30. The predicted octanol–water partition coefficient (Wildman–Crippen LogP) is 2.95. The quantitative estimate of drug-likeness (QED) is 0.210. The normalized spacial score (nSPS) is 13.0. The molecule has 8 heteroatoms. The molecule has 2 atom stereocenters. The summed E-state index contributed by atoms with van der Waals surface area (Å²) in [6, 6.07) is 18.3. The van der Waals surface area contributed by atoms with Gasteiger partial charge in [0.25, 0.3) is 5.91 Å². The molecule has 0 saturated carbocycles. The summed E-state index contributed by atoms with van der Waals surface area (Å²) in [5.41, 5.74) is 4.32. The molecule has 0 saturated heterocycles. The third-order valence-corrected chi connectivity index (χ3v) is 5.95. The molecular formula is C27H30N4O4. The maximum Gasteiger partial charge on any atom is 0.268 e. The van der Waals surface area contributed by atoms with E-state index in [1.54, 1.807) is 18.3 Å². The number of carbonyl (C=O) groups is 1. The summed E-state index contributed by atoms with van der Waals surface area (Å²) >= 11 is 0. The summed E-state index contributed by atoms with van der Waals surface area (Å²) < 4.78 is 0. The molecule has 0 spiro atoms. The van der Waals surface area contributed by atoms with Crippen molar-refractivity contribution in [2.75, 3.05) is 6.54 Å². The zero-order valence-electron chi connectivity index (χ0n) is 19.5. The van der Waals surface area contributed by atoms with Crippen LogP contribution in [0, 0.1) is 0 Å². The fraction of sp³-hybridized carbons (Fsp3) is 0.259. The topological polar surface area (TPSA) is 130 Å². The van der Waals surface area contributed by atoms with Gasteiger partial charge in [-0.3, -0.25) is 9.78 Å². The fourth-order valence-corrected chi connectivity index (χ4v) is 4.00. The van der Waals surface area contributed by atoms with Crippen molar-refractivity contribution >= 4 is 16.8 Å². The maximum absolute atomic E-state index is 12.5. The van der Waals surface area contributed by atoms with Crippen LogP contribution in [-0.2, 0) is 19.6 Å². The van der Waals surface area contributed by atoms with Gasteiger partial charge in [0, 0.05) is 35.2 Å². The molecule has 0 aliphatic rings. The van der Waals surface area contributed by atoms with E-state index >= 15 is 0 Å². The standard InChI is InChI=1S/C27H30N4O4/c1-17(29-15-26(34)19-6-8-25(33)21(12-19)16-32)10-18-5-7-23-20(11-18)13-24(31-23)27(35)30-14-22-4-2-3-9-28-22/h2-9,11-13,17,26,29,31-34H,10,14-16H2,1H3,(H,30,35)/t17-,26+/m1/s1. The van der Waals surface area contributed by atoms with Gasteiger partial charge in [0.1, 0.15) is 11.4 Å². The highest BCUT2D eigenvalue weighted by Crippen LogP contribution is 2.23. The van der Waals surface area contributed by atoms with Crippen molar-refractivity contribution in [3.63, 3.8) is 0 Å². The van der Waals surface area contributed by atoms with Crippen LogP contribution < -0.4 is 10.6 Å². The number of hydrogen-bond donors (Lipinski definition) is 6. The number of aromatic nitrogens is 2. The minimum atomic E-state index is -0.761. The summed E-state index contributed by atoms with van der Waals surface area (Å²) in [7, 11) is 0. The number of fused-ring (bicyclic) bond motifs is 1. The van der Waals surface area contributed by atoms with Crippen molar-refractivity contribution in [3.05, 3.63) is 94.9 Å². The maximum atomic E-state index is 12.5. The number of phenols is 1. The molecule has 4 aromatic rings. The number of aliphatic hydroxyl groups is 2. The molecule has 4 rings (SSSR count). The highest BCUT2D eigenvalue weighted by molar-refractivity contribution is 5.98. The third kappa shape index (κ3) is 6.24. The molecule has 1 amide bonds. The Morgan fingerprint density at radius 1 is 1.11 bits per heavy atom. The molecule has 0 radical (unpaired) electrons. The van der Waals surface area contributed by atoms with Gasteiger partial charge in [-0.2, -0.15) is 0 Å².